The fourth-order valence-corrected chi connectivity index (χ4v) is 2.76. The van der Waals surface area contributed by atoms with E-state index in [9.17, 15) is 9.59 Å². The number of hydrogen-bond donors (Lipinski definition) is 1. The molecule has 0 radical (unpaired) electrons. The number of hydrogen-bond acceptors (Lipinski definition) is 4. The molecule has 0 spiro atoms. The number of H-pyrrole nitrogens is 1. The minimum absolute atomic E-state index is 0.155. The number of aromatic nitrogens is 4. The van der Waals surface area contributed by atoms with Gasteiger partial charge in [-0.15, -0.1) is 6.58 Å². The molecule has 21 heavy (non-hydrogen) atoms. The lowest BCUT2D eigenvalue weighted by atomic mass is 10.4. The van der Waals surface area contributed by atoms with E-state index >= 15 is 0 Å². The second-order valence-electron chi connectivity index (χ2n) is 4.62. The van der Waals surface area contributed by atoms with Crippen LogP contribution in [0.5, 0.6) is 0 Å². The van der Waals surface area contributed by atoms with Crippen molar-refractivity contribution in [2.24, 2.45) is 7.05 Å². The van der Waals surface area contributed by atoms with Crippen molar-refractivity contribution in [2.75, 3.05) is 0 Å². The van der Waals surface area contributed by atoms with Crippen LogP contribution in [0, 0.1) is 0 Å². The van der Waals surface area contributed by atoms with Gasteiger partial charge in [0.25, 0.3) is 5.56 Å². The Kier molecular flexibility index (Phi) is 4.52. The predicted octanol–water partition coefficient (Wildman–Crippen LogP) is 1.67. The second-order valence-corrected chi connectivity index (χ2v) is 5.97. The van der Waals surface area contributed by atoms with Crippen LogP contribution in [0.1, 0.15) is 13.8 Å². The first-order valence-corrected chi connectivity index (χ1v) is 7.47. The van der Waals surface area contributed by atoms with Gasteiger partial charge in [0.15, 0.2) is 16.3 Å². The van der Waals surface area contributed by atoms with E-state index in [-0.39, 0.29) is 5.25 Å². The van der Waals surface area contributed by atoms with Gasteiger partial charge < -0.3 is 4.57 Å². The zero-order valence-electron chi connectivity index (χ0n) is 12.3. The van der Waals surface area contributed by atoms with Gasteiger partial charge in [-0.3, -0.25) is 14.3 Å². The Bertz CT molecular complexity index is 813. The highest BCUT2D eigenvalue weighted by Gasteiger charge is 2.17. The summed E-state index contributed by atoms with van der Waals surface area (Å²) in [6, 6.07) is 0. The lowest BCUT2D eigenvalue weighted by molar-refractivity contribution is 0.742. The van der Waals surface area contributed by atoms with E-state index in [0.717, 1.165) is 0 Å². The summed E-state index contributed by atoms with van der Waals surface area (Å²) in [7, 11) is 1.60. The Hall–Kier alpha value is -2.02. The molecule has 0 amide bonds. The average Bonchev–Trinajstić information content (AvgIpc) is 2.81. The van der Waals surface area contributed by atoms with Crippen LogP contribution in [-0.2, 0) is 13.6 Å². The molecule has 7 heteroatoms. The number of rotatable bonds is 5. The van der Waals surface area contributed by atoms with Crippen molar-refractivity contribution in [1.29, 1.82) is 0 Å². The molecule has 0 saturated heterocycles. The van der Waals surface area contributed by atoms with Gasteiger partial charge in [0.05, 0.1) is 0 Å². The topological polar surface area (TPSA) is 72.7 Å². The van der Waals surface area contributed by atoms with Gasteiger partial charge in [0, 0.05) is 18.8 Å². The number of allylic oxidation sites excluding steroid dienone is 2. The van der Waals surface area contributed by atoms with Crippen LogP contribution in [0.15, 0.2) is 39.6 Å². The van der Waals surface area contributed by atoms with Crippen LogP contribution in [0.3, 0.4) is 0 Å². The molecule has 2 aromatic rings. The van der Waals surface area contributed by atoms with E-state index in [4.69, 9.17) is 0 Å². The number of imidazole rings is 1. The summed E-state index contributed by atoms with van der Waals surface area (Å²) in [5.74, 6) is 0. The number of aromatic amines is 1. The van der Waals surface area contributed by atoms with Gasteiger partial charge in [0.1, 0.15) is 0 Å². The van der Waals surface area contributed by atoms with Crippen molar-refractivity contribution in [2.45, 2.75) is 30.8 Å². The molecule has 0 unspecified atom stereocenters. The monoisotopic (exact) mass is 306 g/mol. The zero-order valence-corrected chi connectivity index (χ0v) is 13.1. The third-order valence-corrected chi connectivity index (χ3v) is 4.21. The maximum Gasteiger partial charge on any atom is 0.329 e. The van der Waals surface area contributed by atoms with Gasteiger partial charge in [0.2, 0.25) is 0 Å². The molecule has 0 aromatic carbocycles. The van der Waals surface area contributed by atoms with E-state index in [1.54, 1.807) is 7.05 Å². The fourth-order valence-electron chi connectivity index (χ4n) is 1.90. The lowest BCUT2D eigenvalue weighted by Crippen LogP contribution is -2.29. The molecule has 112 valence electrons. The molecule has 1 N–H and O–H groups in total. The number of nitrogens with one attached hydrogen (secondary N) is 1. The van der Waals surface area contributed by atoms with E-state index in [1.165, 1.54) is 16.3 Å². The second kappa shape index (κ2) is 6.17. The highest BCUT2D eigenvalue weighted by atomic mass is 32.2. The van der Waals surface area contributed by atoms with Crippen molar-refractivity contribution >= 4 is 22.9 Å². The highest BCUT2D eigenvalue weighted by Crippen LogP contribution is 2.25. The van der Waals surface area contributed by atoms with Crippen LogP contribution < -0.4 is 11.2 Å². The van der Waals surface area contributed by atoms with Crippen LogP contribution in [0.4, 0.5) is 0 Å². The summed E-state index contributed by atoms with van der Waals surface area (Å²) in [6.45, 7) is 8.20. The quantitative estimate of drug-likeness (QED) is 0.673. The Morgan fingerprint density at radius 2 is 2.19 bits per heavy atom. The molecule has 0 fully saturated rings. The van der Waals surface area contributed by atoms with Gasteiger partial charge >= 0.3 is 5.69 Å². The van der Waals surface area contributed by atoms with Crippen molar-refractivity contribution in [3.63, 3.8) is 0 Å². The van der Waals surface area contributed by atoms with Gasteiger partial charge in [-0.1, -0.05) is 30.0 Å². The summed E-state index contributed by atoms with van der Waals surface area (Å²) < 4.78 is 3.17. The third-order valence-electron chi connectivity index (χ3n) is 3.12. The first-order chi connectivity index (χ1) is 9.99. The summed E-state index contributed by atoms with van der Waals surface area (Å²) in [5, 5.41) is 0.851. The van der Waals surface area contributed by atoms with Gasteiger partial charge in [-0.25, -0.2) is 9.78 Å². The molecule has 1 atom stereocenters. The van der Waals surface area contributed by atoms with Crippen molar-refractivity contribution in [3.8, 4) is 0 Å². The molecule has 0 aliphatic carbocycles. The number of nitrogens with zero attached hydrogens (tertiary/aromatic N) is 3. The highest BCUT2D eigenvalue weighted by molar-refractivity contribution is 7.99. The molecule has 2 aromatic heterocycles. The molecular weight excluding hydrogens is 288 g/mol. The average molecular weight is 306 g/mol. The SMILES string of the molecule is C=C[C@H](C)Sc1nc2c(c(=O)[nH]c(=O)n2C)n1C/C=C/C. The summed E-state index contributed by atoms with van der Waals surface area (Å²) in [4.78, 5) is 30.6. The lowest BCUT2D eigenvalue weighted by Gasteiger charge is -2.07. The van der Waals surface area contributed by atoms with Crippen LogP contribution >= 0.6 is 11.8 Å². The minimum atomic E-state index is -0.462. The normalized spacial score (nSPS) is 13.1. The number of fused-ring (bicyclic) bond motifs is 1. The number of aryl methyl sites for hydroxylation is 1. The first-order valence-electron chi connectivity index (χ1n) is 6.59. The van der Waals surface area contributed by atoms with E-state index in [1.807, 2.05) is 36.6 Å². The molecule has 2 rings (SSSR count). The summed E-state index contributed by atoms with van der Waals surface area (Å²) in [5.41, 5.74) is -0.0688. The van der Waals surface area contributed by atoms with Crippen molar-refractivity contribution in [1.82, 2.24) is 19.1 Å². The molecular formula is C14H18N4O2S. The molecule has 0 bridgehead atoms. The summed E-state index contributed by atoms with van der Waals surface area (Å²) >= 11 is 1.50. The van der Waals surface area contributed by atoms with E-state index in [0.29, 0.717) is 22.9 Å². The van der Waals surface area contributed by atoms with Crippen LogP contribution in [0.2, 0.25) is 0 Å². The zero-order chi connectivity index (χ0) is 15.6. The molecule has 0 saturated carbocycles. The Morgan fingerprint density at radius 3 is 2.81 bits per heavy atom. The number of thioether (sulfide) groups is 1. The smallest absolute Gasteiger partial charge is 0.309 e. The Balaban J connectivity index is 2.75. The van der Waals surface area contributed by atoms with Crippen molar-refractivity contribution in [3.05, 3.63) is 45.6 Å². The maximum atomic E-state index is 12.1. The van der Waals surface area contributed by atoms with Crippen LogP contribution in [-0.4, -0.2) is 24.4 Å². The largest absolute Gasteiger partial charge is 0.329 e. The summed E-state index contributed by atoms with van der Waals surface area (Å²) in [6.07, 6.45) is 5.66. The molecule has 6 nitrogen and oxygen atoms in total. The predicted molar refractivity (Wildman–Crippen MR) is 85.9 cm³/mol. The maximum absolute atomic E-state index is 12.1. The van der Waals surface area contributed by atoms with Gasteiger partial charge in [-0.05, 0) is 13.8 Å². The Labute approximate surface area is 126 Å². The van der Waals surface area contributed by atoms with Gasteiger partial charge in [-0.2, -0.15) is 0 Å². The molecule has 2 heterocycles. The van der Waals surface area contributed by atoms with Crippen LogP contribution in [0.25, 0.3) is 11.2 Å². The first kappa shape index (κ1) is 15.4. The van der Waals surface area contributed by atoms with Crippen molar-refractivity contribution < 1.29 is 0 Å². The Morgan fingerprint density at radius 1 is 1.48 bits per heavy atom. The molecule has 0 aliphatic rings. The third kappa shape index (κ3) is 2.87. The standard InChI is InChI=1S/C14H18N4O2S/c1-5-7-8-18-10-11(15-14(18)21-9(3)6-2)17(4)13(20)16-12(10)19/h5-7,9H,2,8H2,1,3-4H3,(H,16,19,20)/b7-5+/t9-/m0/s1. The van der Waals surface area contributed by atoms with E-state index in [2.05, 4.69) is 16.5 Å². The molecule has 0 aliphatic heterocycles. The van der Waals surface area contributed by atoms with E-state index < -0.39 is 11.2 Å². The minimum Gasteiger partial charge on any atom is -0.309 e. The fraction of sp³-hybridized carbons (Fsp3) is 0.357.